The summed E-state index contributed by atoms with van der Waals surface area (Å²) in [6.07, 6.45) is 3.57. The Balaban J connectivity index is 1.88. The smallest absolute Gasteiger partial charge is 0.0707 e. The van der Waals surface area contributed by atoms with Gasteiger partial charge in [-0.3, -0.25) is 4.90 Å². The lowest BCUT2D eigenvalue weighted by Crippen LogP contribution is -2.46. The highest BCUT2D eigenvalue weighted by atomic mass is 32.1. The number of hydrogen-bond donors (Lipinski definition) is 1. The Morgan fingerprint density at radius 2 is 1.86 bits per heavy atom. The second-order valence-electron chi connectivity index (χ2n) is 5.47. The van der Waals surface area contributed by atoms with Gasteiger partial charge in [0.05, 0.1) is 12.2 Å². The summed E-state index contributed by atoms with van der Waals surface area (Å²) in [5, 5.41) is 0. The van der Waals surface area contributed by atoms with Crippen LogP contribution in [0.1, 0.15) is 26.7 Å². The highest BCUT2D eigenvalue weighted by Gasteiger charge is 2.35. The predicted octanol–water partition coefficient (Wildman–Crippen LogP) is 1.81. The average molecular weight is 215 g/mol. The van der Waals surface area contributed by atoms with Crippen molar-refractivity contribution in [3.05, 3.63) is 0 Å². The second-order valence-corrected chi connectivity index (χ2v) is 5.79. The van der Waals surface area contributed by atoms with Crippen molar-refractivity contribution in [1.82, 2.24) is 4.90 Å². The van der Waals surface area contributed by atoms with Crippen LogP contribution in [0.3, 0.4) is 0 Å². The van der Waals surface area contributed by atoms with Gasteiger partial charge in [-0.2, -0.15) is 12.6 Å². The minimum Gasteiger partial charge on any atom is -0.372 e. The van der Waals surface area contributed by atoms with E-state index in [1.807, 2.05) is 0 Å². The van der Waals surface area contributed by atoms with Gasteiger partial charge in [-0.1, -0.05) is 13.8 Å². The number of likely N-dealkylation sites (tertiary alicyclic amines) is 1. The molecule has 0 N–H and O–H groups in total. The van der Waals surface area contributed by atoms with Crippen molar-refractivity contribution in [2.24, 2.45) is 5.41 Å². The third-order valence-electron chi connectivity index (χ3n) is 3.20. The molecule has 2 aliphatic rings. The molecule has 2 aliphatic heterocycles. The van der Waals surface area contributed by atoms with Crippen LogP contribution in [-0.2, 0) is 4.74 Å². The Labute approximate surface area is 92.4 Å². The van der Waals surface area contributed by atoms with E-state index in [-0.39, 0.29) is 0 Å². The molecule has 2 unspecified atom stereocenters. The van der Waals surface area contributed by atoms with Crippen LogP contribution in [0, 0.1) is 5.41 Å². The minimum atomic E-state index is 0.333. The molecule has 2 heterocycles. The van der Waals surface area contributed by atoms with Crippen LogP contribution in [0.4, 0.5) is 0 Å². The van der Waals surface area contributed by atoms with E-state index in [0.29, 0.717) is 17.6 Å². The maximum atomic E-state index is 5.81. The number of morpholine rings is 1. The third-order valence-corrected chi connectivity index (χ3v) is 4.05. The van der Waals surface area contributed by atoms with Crippen molar-refractivity contribution >= 4 is 12.6 Å². The first-order valence-corrected chi connectivity index (χ1v) is 6.21. The van der Waals surface area contributed by atoms with Crippen molar-refractivity contribution in [3.63, 3.8) is 0 Å². The van der Waals surface area contributed by atoms with Crippen molar-refractivity contribution < 1.29 is 4.74 Å². The minimum absolute atomic E-state index is 0.333. The van der Waals surface area contributed by atoms with E-state index in [2.05, 4.69) is 31.4 Å². The van der Waals surface area contributed by atoms with Crippen LogP contribution in [-0.4, -0.2) is 42.5 Å². The van der Waals surface area contributed by atoms with E-state index >= 15 is 0 Å². The number of fused-ring (bicyclic) bond motifs is 2. The van der Waals surface area contributed by atoms with Gasteiger partial charge in [0.15, 0.2) is 0 Å². The SMILES string of the molecule is CC(C)(CS)CN1CC2CCC(C1)O2. The molecule has 0 spiro atoms. The summed E-state index contributed by atoms with van der Waals surface area (Å²) < 4.78 is 5.81. The fraction of sp³-hybridized carbons (Fsp3) is 1.00. The normalized spacial score (nSPS) is 33.6. The Morgan fingerprint density at radius 1 is 1.29 bits per heavy atom. The number of rotatable bonds is 3. The molecule has 2 saturated heterocycles. The van der Waals surface area contributed by atoms with Gasteiger partial charge in [0.2, 0.25) is 0 Å². The van der Waals surface area contributed by atoms with Gasteiger partial charge >= 0.3 is 0 Å². The largest absolute Gasteiger partial charge is 0.372 e. The Morgan fingerprint density at radius 3 is 2.36 bits per heavy atom. The molecular weight excluding hydrogens is 194 g/mol. The van der Waals surface area contributed by atoms with E-state index < -0.39 is 0 Å². The average Bonchev–Trinajstić information content (AvgIpc) is 2.45. The predicted molar refractivity (Wildman–Crippen MR) is 62.0 cm³/mol. The molecule has 0 radical (unpaired) electrons. The molecule has 14 heavy (non-hydrogen) atoms. The van der Waals surface area contributed by atoms with Crippen LogP contribution in [0.15, 0.2) is 0 Å². The maximum Gasteiger partial charge on any atom is 0.0707 e. The quantitative estimate of drug-likeness (QED) is 0.721. The van der Waals surface area contributed by atoms with Gasteiger partial charge < -0.3 is 4.74 Å². The molecule has 2 fully saturated rings. The molecule has 2 rings (SSSR count). The molecule has 3 heteroatoms. The highest BCUT2D eigenvalue weighted by molar-refractivity contribution is 7.80. The van der Waals surface area contributed by atoms with Gasteiger partial charge in [0.25, 0.3) is 0 Å². The lowest BCUT2D eigenvalue weighted by atomic mass is 9.95. The van der Waals surface area contributed by atoms with Crippen LogP contribution in [0.2, 0.25) is 0 Å². The molecule has 0 amide bonds. The molecule has 2 nitrogen and oxygen atoms in total. The summed E-state index contributed by atoms with van der Waals surface area (Å²) in [6, 6.07) is 0. The van der Waals surface area contributed by atoms with Crippen LogP contribution < -0.4 is 0 Å². The first kappa shape index (κ1) is 10.8. The van der Waals surface area contributed by atoms with E-state index in [0.717, 1.165) is 25.4 Å². The van der Waals surface area contributed by atoms with E-state index in [1.54, 1.807) is 0 Å². The van der Waals surface area contributed by atoms with Gasteiger partial charge in [0.1, 0.15) is 0 Å². The lowest BCUT2D eigenvalue weighted by molar-refractivity contribution is -0.0462. The van der Waals surface area contributed by atoms with Gasteiger partial charge in [-0.05, 0) is 24.0 Å². The number of ether oxygens (including phenoxy) is 1. The summed E-state index contributed by atoms with van der Waals surface area (Å²) in [4.78, 5) is 2.56. The molecule has 2 bridgehead atoms. The summed E-state index contributed by atoms with van der Waals surface area (Å²) in [6.45, 7) is 8.00. The molecule has 82 valence electrons. The first-order valence-electron chi connectivity index (χ1n) is 5.58. The molecular formula is C11H21NOS. The molecule has 0 aliphatic carbocycles. The molecule has 0 aromatic rings. The monoisotopic (exact) mass is 215 g/mol. The highest BCUT2D eigenvalue weighted by Crippen LogP contribution is 2.28. The first-order chi connectivity index (χ1) is 6.59. The second kappa shape index (κ2) is 4.03. The number of thiol groups is 1. The molecule has 0 aromatic heterocycles. The van der Waals surface area contributed by atoms with Crippen molar-refractivity contribution in [1.29, 1.82) is 0 Å². The fourth-order valence-corrected chi connectivity index (χ4v) is 2.58. The zero-order chi connectivity index (χ0) is 10.2. The van der Waals surface area contributed by atoms with Gasteiger partial charge in [0, 0.05) is 19.6 Å². The summed E-state index contributed by atoms with van der Waals surface area (Å²) in [7, 11) is 0. The summed E-state index contributed by atoms with van der Waals surface area (Å²) >= 11 is 4.40. The maximum absolute atomic E-state index is 5.81. The van der Waals surface area contributed by atoms with E-state index in [9.17, 15) is 0 Å². The van der Waals surface area contributed by atoms with Crippen LogP contribution in [0.25, 0.3) is 0 Å². The summed E-state index contributed by atoms with van der Waals surface area (Å²) in [5.74, 6) is 0.958. The molecule has 0 saturated carbocycles. The summed E-state index contributed by atoms with van der Waals surface area (Å²) in [5.41, 5.74) is 0.333. The Bertz CT molecular complexity index is 195. The zero-order valence-corrected chi connectivity index (χ0v) is 10.1. The van der Waals surface area contributed by atoms with Crippen molar-refractivity contribution in [3.8, 4) is 0 Å². The Kier molecular flexibility index (Phi) is 3.10. The molecule has 2 atom stereocenters. The van der Waals surface area contributed by atoms with E-state index in [4.69, 9.17) is 4.74 Å². The van der Waals surface area contributed by atoms with Crippen molar-refractivity contribution in [2.45, 2.75) is 38.9 Å². The van der Waals surface area contributed by atoms with Crippen molar-refractivity contribution in [2.75, 3.05) is 25.4 Å². The Hall–Kier alpha value is 0.270. The molecule has 0 aromatic carbocycles. The third kappa shape index (κ3) is 2.44. The van der Waals surface area contributed by atoms with Gasteiger partial charge in [-0.25, -0.2) is 0 Å². The standard InChI is InChI=1S/C11H21NOS/c1-11(2,8-14)7-12-5-9-3-4-10(6-12)13-9/h9-10,14H,3-8H2,1-2H3. The zero-order valence-electron chi connectivity index (χ0n) is 9.20. The van der Waals surface area contributed by atoms with Gasteiger partial charge in [-0.15, -0.1) is 0 Å². The lowest BCUT2D eigenvalue weighted by Gasteiger charge is -2.37. The van der Waals surface area contributed by atoms with E-state index in [1.165, 1.54) is 12.8 Å². The number of nitrogens with zero attached hydrogens (tertiary/aromatic N) is 1. The van der Waals surface area contributed by atoms with Crippen LogP contribution >= 0.6 is 12.6 Å². The van der Waals surface area contributed by atoms with Crippen LogP contribution in [0.5, 0.6) is 0 Å². The number of hydrogen-bond acceptors (Lipinski definition) is 3. The topological polar surface area (TPSA) is 12.5 Å². The fourth-order valence-electron chi connectivity index (χ4n) is 2.48.